The lowest BCUT2D eigenvalue weighted by molar-refractivity contribution is 0.250. The van der Waals surface area contributed by atoms with Gasteiger partial charge in [-0.3, -0.25) is 9.88 Å². The van der Waals surface area contributed by atoms with Crippen LogP contribution in [0.2, 0.25) is 0 Å². The minimum atomic E-state index is 1.03. The molecule has 1 aromatic carbocycles. The van der Waals surface area contributed by atoms with E-state index in [0.717, 1.165) is 32.7 Å². The molecule has 0 aliphatic carbocycles. The SMILES string of the molecule is c1cc(CN2CCN(c3ccncc3)CC2)c2cc[nH]c2c1. The molecule has 0 unspecified atom stereocenters. The number of benzene rings is 1. The van der Waals surface area contributed by atoms with Gasteiger partial charge >= 0.3 is 0 Å². The maximum absolute atomic E-state index is 4.09. The summed E-state index contributed by atoms with van der Waals surface area (Å²) < 4.78 is 0. The average molecular weight is 292 g/mol. The van der Waals surface area contributed by atoms with Crippen LogP contribution in [-0.2, 0) is 6.54 Å². The number of H-pyrrole nitrogens is 1. The van der Waals surface area contributed by atoms with E-state index in [1.54, 1.807) is 0 Å². The van der Waals surface area contributed by atoms with Crippen molar-refractivity contribution >= 4 is 16.6 Å². The number of nitrogens with zero attached hydrogens (tertiary/aromatic N) is 3. The van der Waals surface area contributed by atoms with Crippen LogP contribution in [-0.4, -0.2) is 41.0 Å². The molecule has 4 rings (SSSR count). The van der Waals surface area contributed by atoms with Crippen LogP contribution in [0.3, 0.4) is 0 Å². The molecule has 3 aromatic rings. The molecule has 0 spiro atoms. The Morgan fingerprint density at radius 3 is 2.59 bits per heavy atom. The summed E-state index contributed by atoms with van der Waals surface area (Å²) in [5, 5.41) is 1.35. The van der Waals surface area contributed by atoms with E-state index in [1.807, 2.05) is 18.6 Å². The van der Waals surface area contributed by atoms with Gasteiger partial charge in [-0.2, -0.15) is 0 Å². The van der Waals surface area contributed by atoms with Gasteiger partial charge in [0.2, 0.25) is 0 Å². The lowest BCUT2D eigenvalue weighted by Crippen LogP contribution is -2.45. The highest BCUT2D eigenvalue weighted by molar-refractivity contribution is 5.82. The Kier molecular flexibility index (Phi) is 3.52. The highest BCUT2D eigenvalue weighted by Crippen LogP contribution is 2.21. The molecular formula is C18H20N4. The number of aromatic amines is 1. The van der Waals surface area contributed by atoms with E-state index in [2.05, 4.69) is 56.2 Å². The highest BCUT2D eigenvalue weighted by atomic mass is 15.3. The molecular weight excluding hydrogens is 272 g/mol. The van der Waals surface area contributed by atoms with Gasteiger partial charge in [-0.05, 0) is 29.8 Å². The van der Waals surface area contributed by atoms with E-state index in [0.29, 0.717) is 0 Å². The molecule has 1 saturated heterocycles. The summed E-state index contributed by atoms with van der Waals surface area (Å²) in [6.07, 6.45) is 5.76. The second kappa shape index (κ2) is 5.81. The summed E-state index contributed by atoms with van der Waals surface area (Å²) in [5.74, 6) is 0. The fraction of sp³-hybridized carbons (Fsp3) is 0.278. The Morgan fingerprint density at radius 2 is 1.77 bits per heavy atom. The summed E-state index contributed by atoms with van der Waals surface area (Å²) in [7, 11) is 0. The Hall–Kier alpha value is -2.33. The van der Waals surface area contributed by atoms with Gasteiger partial charge in [-0.25, -0.2) is 0 Å². The van der Waals surface area contributed by atoms with E-state index < -0.39 is 0 Å². The molecule has 1 aliphatic heterocycles. The molecule has 2 aromatic heterocycles. The third-order valence-electron chi connectivity index (χ3n) is 4.48. The molecule has 0 bridgehead atoms. The number of pyridine rings is 1. The summed E-state index contributed by atoms with van der Waals surface area (Å²) in [4.78, 5) is 12.4. The predicted molar refractivity (Wildman–Crippen MR) is 90.0 cm³/mol. The maximum atomic E-state index is 4.09. The van der Waals surface area contributed by atoms with E-state index in [4.69, 9.17) is 0 Å². The first-order chi connectivity index (χ1) is 10.9. The van der Waals surface area contributed by atoms with Gasteiger partial charge in [0.1, 0.15) is 0 Å². The topological polar surface area (TPSA) is 35.2 Å². The van der Waals surface area contributed by atoms with E-state index >= 15 is 0 Å². The predicted octanol–water partition coefficient (Wildman–Crippen LogP) is 2.89. The number of rotatable bonds is 3. The number of hydrogen-bond acceptors (Lipinski definition) is 3. The maximum Gasteiger partial charge on any atom is 0.0457 e. The lowest BCUT2D eigenvalue weighted by Gasteiger charge is -2.36. The van der Waals surface area contributed by atoms with Gasteiger partial charge in [-0.15, -0.1) is 0 Å². The molecule has 4 heteroatoms. The molecule has 112 valence electrons. The number of aromatic nitrogens is 2. The zero-order valence-corrected chi connectivity index (χ0v) is 12.6. The second-order valence-electron chi connectivity index (χ2n) is 5.82. The van der Waals surface area contributed by atoms with Crippen molar-refractivity contribution in [2.45, 2.75) is 6.54 Å². The largest absolute Gasteiger partial charge is 0.369 e. The molecule has 3 heterocycles. The lowest BCUT2D eigenvalue weighted by atomic mass is 10.1. The first-order valence-corrected chi connectivity index (χ1v) is 7.82. The second-order valence-corrected chi connectivity index (χ2v) is 5.82. The summed E-state index contributed by atoms with van der Waals surface area (Å²) in [5.41, 5.74) is 3.92. The van der Waals surface area contributed by atoms with Gasteiger partial charge < -0.3 is 9.88 Å². The molecule has 22 heavy (non-hydrogen) atoms. The monoisotopic (exact) mass is 292 g/mol. The van der Waals surface area contributed by atoms with Crippen molar-refractivity contribution < 1.29 is 0 Å². The molecule has 0 amide bonds. The zero-order chi connectivity index (χ0) is 14.8. The quantitative estimate of drug-likeness (QED) is 0.806. The van der Waals surface area contributed by atoms with Crippen LogP contribution in [0.4, 0.5) is 5.69 Å². The number of anilines is 1. The van der Waals surface area contributed by atoms with E-state index in [9.17, 15) is 0 Å². The molecule has 4 nitrogen and oxygen atoms in total. The Balaban J connectivity index is 1.43. The molecule has 1 fully saturated rings. The van der Waals surface area contributed by atoms with E-state index in [1.165, 1.54) is 22.2 Å². The standard InChI is InChI=1S/C18H20N4/c1-2-15(17-6-9-20-18(17)3-1)14-21-10-12-22(13-11-21)16-4-7-19-8-5-16/h1-9,20H,10-14H2. The Labute approximate surface area is 130 Å². The number of piperazine rings is 1. The fourth-order valence-corrected chi connectivity index (χ4v) is 3.25. The van der Waals surface area contributed by atoms with Gasteiger partial charge in [0.15, 0.2) is 0 Å². The highest BCUT2D eigenvalue weighted by Gasteiger charge is 2.17. The first kappa shape index (κ1) is 13.3. The Bertz CT molecular complexity index is 742. The first-order valence-electron chi connectivity index (χ1n) is 7.82. The minimum Gasteiger partial charge on any atom is -0.369 e. The van der Waals surface area contributed by atoms with Crippen LogP contribution < -0.4 is 4.90 Å². The van der Waals surface area contributed by atoms with Crippen molar-refractivity contribution in [3.05, 3.63) is 60.6 Å². The summed E-state index contributed by atoms with van der Waals surface area (Å²) in [6.45, 7) is 5.38. The van der Waals surface area contributed by atoms with Crippen LogP contribution in [0.5, 0.6) is 0 Å². The van der Waals surface area contributed by atoms with Crippen LogP contribution in [0.25, 0.3) is 10.9 Å². The molecule has 0 saturated carbocycles. The summed E-state index contributed by atoms with van der Waals surface area (Å²) in [6, 6.07) is 12.9. The van der Waals surface area contributed by atoms with Gasteiger partial charge in [0.25, 0.3) is 0 Å². The smallest absolute Gasteiger partial charge is 0.0457 e. The van der Waals surface area contributed by atoms with Crippen LogP contribution in [0.1, 0.15) is 5.56 Å². The Morgan fingerprint density at radius 1 is 0.955 bits per heavy atom. The zero-order valence-electron chi connectivity index (χ0n) is 12.6. The van der Waals surface area contributed by atoms with Crippen LogP contribution >= 0.6 is 0 Å². The minimum absolute atomic E-state index is 1.03. The van der Waals surface area contributed by atoms with Crippen molar-refractivity contribution in [3.63, 3.8) is 0 Å². The third-order valence-corrected chi connectivity index (χ3v) is 4.48. The third kappa shape index (κ3) is 2.57. The molecule has 0 atom stereocenters. The molecule has 1 aliphatic rings. The number of nitrogens with one attached hydrogen (secondary N) is 1. The normalized spacial score (nSPS) is 16.3. The average Bonchev–Trinajstić information content (AvgIpc) is 3.06. The van der Waals surface area contributed by atoms with Gasteiger partial charge in [0.05, 0.1) is 0 Å². The fourth-order valence-electron chi connectivity index (χ4n) is 3.25. The van der Waals surface area contributed by atoms with Crippen molar-refractivity contribution in [2.75, 3.05) is 31.1 Å². The van der Waals surface area contributed by atoms with Crippen molar-refractivity contribution in [1.82, 2.24) is 14.9 Å². The summed E-state index contributed by atoms with van der Waals surface area (Å²) >= 11 is 0. The van der Waals surface area contributed by atoms with Gasteiger partial charge in [-0.1, -0.05) is 12.1 Å². The van der Waals surface area contributed by atoms with E-state index in [-0.39, 0.29) is 0 Å². The number of fused-ring (bicyclic) bond motifs is 1. The molecule has 1 N–H and O–H groups in total. The van der Waals surface area contributed by atoms with Crippen molar-refractivity contribution in [2.24, 2.45) is 0 Å². The van der Waals surface area contributed by atoms with Crippen LogP contribution in [0.15, 0.2) is 55.0 Å². The van der Waals surface area contributed by atoms with Crippen molar-refractivity contribution in [1.29, 1.82) is 0 Å². The van der Waals surface area contributed by atoms with Crippen LogP contribution in [0, 0.1) is 0 Å². The number of hydrogen-bond donors (Lipinski definition) is 1. The molecule has 0 radical (unpaired) electrons. The van der Waals surface area contributed by atoms with Gasteiger partial charge in [0, 0.05) is 67.9 Å². The van der Waals surface area contributed by atoms with Crippen molar-refractivity contribution in [3.8, 4) is 0 Å².